The second-order valence-electron chi connectivity index (χ2n) is 4.76. The fourth-order valence-corrected chi connectivity index (χ4v) is 2.83. The quantitative estimate of drug-likeness (QED) is 0.601. The van der Waals surface area contributed by atoms with Crippen LogP contribution in [0.15, 0.2) is 0 Å². The van der Waals surface area contributed by atoms with E-state index in [0.29, 0.717) is 0 Å². The molecule has 2 aliphatic rings. The number of ether oxygens (including phenoxy) is 1. The summed E-state index contributed by atoms with van der Waals surface area (Å²) in [5.41, 5.74) is 5.38. The first-order valence-electron chi connectivity index (χ1n) is 5.10. The standard InChI is InChI=1S/C10H18N2O2/c1-12-5-3-4-9(7-12)6-10(9,11)8(13)14-2/h3-7,11H2,1-2H3. The number of esters is 1. The fourth-order valence-electron chi connectivity index (χ4n) is 2.83. The van der Waals surface area contributed by atoms with Crippen molar-refractivity contribution in [2.75, 3.05) is 27.2 Å². The number of piperidine rings is 1. The van der Waals surface area contributed by atoms with Crippen LogP contribution in [0.4, 0.5) is 0 Å². The minimum atomic E-state index is -0.698. The third-order valence-corrected chi connectivity index (χ3v) is 3.76. The van der Waals surface area contributed by atoms with Gasteiger partial charge < -0.3 is 15.4 Å². The van der Waals surface area contributed by atoms with Gasteiger partial charge in [-0.3, -0.25) is 4.79 Å². The Hall–Kier alpha value is -0.610. The predicted octanol–water partition coefficient (Wildman–Crippen LogP) is -0.0274. The molecule has 1 aliphatic heterocycles. The van der Waals surface area contributed by atoms with E-state index in [1.54, 1.807) is 0 Å². The van der Waals surface area contributed by atoms with E-state index in [0.717, 1.165) is 32.4 Å². The number of nitrogens with two attached hydrogens (primary N) is 1. The van der Waals surface area contributed by atoms with Crippen LogP contribution >= 0.6 is 0 Å². The molecule has 1 spiro atoms. The smallest absolute Gasteiger partial charge is 0.326 e. The van der Waals surface area contributed by atoms with Gasteiger partial charge in [-0.1, -0.05) is 0 Å². The van der Waals surface area contributed by atoms with Crippen molar-refractivity contribution in [3.63, 3.8) is 0 Å². The van der Waals surface area contributed by atoms with Crippen molar-refractivity contribution in [1.82, 2.24) is 4.90 Å². The molecule has 0 bridgehead atoms. The molecule has 0 aromatic rings. The molecule has 2 atom stereocenters. The Balaban J connectivity index is 2.10. The Kier molecular flexibility index (Phi) is 2.08. The first-order chi connectivity index (χ1) is 6.54. The van der Waals surface area contributed by atoms with Gasteiger partial charge in [0.2, 0.25) is 0 Å². The number of hydrogen-bond donors (Lipinski definition) is 1. The molecule has 2 rings (SSSR count). The molecule has 80 valence electrons. The molecule has 0 radical (unpaired) electrons. The molecule has 2 unspecified atom stereocenters. The van der Waals surface area contributed by atoms with Gasteiger partial charge in [-0.05, 0) is 32.9 Å². The molecule has 0 aromatic heterocycles. The molecule has 4 heteroatoms. The Morgan fingerprint density at radius 2 is 2.29 bits per heavy atom. The molecule has 1 saturated heterocycles. The fraction of sp³-hybridized carbons (Fsp3) is 0.900. The number of carbonyl (C=O) groups is 1. The summed E-state index contributed by atoms with van der Waals surface area (Å²) in [6, 6.07) is 0. The second kappa shape index (κ2) is 2.94. The van der Waals surface area contributed by atoms with E-state index in [1.807, 2.05) is 0 Å². The zero-order valence-electron chi connectivity index (χ0n) is 8.88. The lowest BCUT2D eigenvalue weighted by Gasteiger charge is -2.32. The van der Waals surface area contributed by atoms with Gasteiger partial charge in [-0.25, -0.2) is 0 Å². The van der Waals surface area contributed by atoms with Crippen molar-refractivity contribution in [3.8, 4) is 0 Å². The maximum atomic E-state index is 11.5. The van der Waals surface area contributed by atoms with Crippen molar-refractivity contribution in [1.29, 1.82) is 0 Å². The van der Waals surface area contributed by atoms with Crippen LogP contribution in [-0.4, -0.2) is 43.7 Å². The van der Waals surface area contributed by atoms with E-state index in [1.165, 1.54) is 7.11 Å². The van der Waals surface area contributed by atoms with Crippen LogP contribution in [0.5, 0.6) is 0 Å². The Morgan fingerprint density at radius 3 is 2.86 bits per heavy atom. The maximum absolute atomic E-state index is 11.5. The first kappa shape index (κ1) is 9.93. The first-order valence-corrected chi connectivity index (χ1v) is 5.10. The number of methoxy groups -OCH3 is 1. The summed E-state index contributed by atoms with van der Waals surface area (Å²) >= 11 is 0. The average molecular weight is 198 g/mol. The molecule has 1 heterocycles. The van der Waals surface area contributed by atoms with Crippen molar-refractivity contribution in [2.45, 2.75) is 24.8 Å². The van der Waals surface area contributed by atoms with Gasteiger partial charge in [0, 0.05) is 12.0 Å². The SMILES string of the molecule is COC(=O)C1(N)CC12CCCN(C)C2. The summed E-state index contributed by atoms with van der Waals surface area (Å²) in [5, 5.41) is 0. The van der Waals surface area contributed by atoms with Crippen LogP contribution in [-0.2, 0) is 9.53 Å². The Bertz CT molecular complexity index is 269. The summed E-state index contributed by atoms with van der Waals surface area (Å²) in [5.74, 6) is -0.243. The van der Waals surface area contributed by atoms with E-state index in [9.17, 15) is 4.79 Å². The summed E-state index contributed by atoms with van der Waals surface area (Å²) < 4.78 is 4.76. The van der Waals surface area contributed by atoms with E-state index in [2.05, 4.69) is 11.9 Å². The number of likely N-dealkylation sites (tertiary alicyclic amines) is 1. The van der Waals surface area contributed by atoms with Gasteiger partial charge in [-0.2, -0.15) is 0 Å². The Morgan fingerprint density at radius 1 is 1.57 bits per heavy atom. The van der Waals surface area contributed by atoms with Gasteiger partial charge in [0.15, 0.2) is 0 Å². The van der Waals surface area contributed by atoms with Crippen molar-refractivity contribution in [2.24, 2.45) is 11.1 Å². The molecule has 2 N–H and O–H groups in total. The zero-order valence-corrected chi connectivity index (χ0v) is 8.88. The number of nitrogens with zero attached hydrogens (tertiary/aromatic N) is 1. The van der Waals surface area contributed by atoms with Gasteiger partial charge in [0.1, 0.15) is 5.54 Å². The van der Waals surface area contributed by atoms with Crippen molar-refractivity contribution < 1.29 is 9.53 Å². The summed E-state index contributed by atoms with van der Waals surface area (Å²) in [7, 11) is 3.49. The third kappa shape index (κ3) is 1.17. The third-order valence-electron chi connectivity index (χ3n) is 3.76. The number of rotatable bonds is 1. The lowest BCUT2D eigenvalue weighted by Crippen LogP contribution is -2.46. The van der Waals surface area contributed by atoms with Crippen LogP contribution in [0.2, 0.25) is 0 Å². The molecule has 1 aliphatic carbocycles. The van der Waals surface area contributed by atoms with Crippen molar-refractivity contribution >= 4 is 5.97 Å². The van der Waals surface area contributed by atoms with Crippen LogP contribution in [0.1, 0.15) is 19.3 Å². The average Bonchev–Trinajstić information content (AvgIpc) is 2.70. The second-order valence-corrected chi connectivity index (χ2v) is 4.76. The van der Waals surface area contributed by atoms with E-state index in [4.69, 9.17) is 10.5 Å². The number of carbonyl (C=O) groups excluding carboxylic acids is 1. The monoisotopic (exact) mass is 198 g/mol. The topological polar surface area (TPSA) is 55.6 Å². The molecule has 14 heavy (non-hydrogen) atoms. The highest BCUT2D eigenvalue weighted by Crippen LogP contribution is 2.59. The Labute approximate surface area is 84.4 Å². The largest absolute Gasteiger partial charge is 0.468 e. The summed E-state index contributed by atoms with van der Waals surface area (Å²) in [6.45, 7) is 2.04. The highest BCUT2D eigenvalue weighted by atomic mass is 16.5. The predicted molar refractivity (Wildman–Crippen MR) is 52.7 cm³/mol. The lowest BCUT2D eigenvalue weighted by molar-refractivity contribution is -0.144. The molecular weight excluding hydrogens is 180 g/mol. The van der Waals surface area contributed by atoms with Crippen LogP contribution < -0.4 is 5.73 Å². The van der Waals surface area contributed by atoms with Gasteiger partial charge in [0.25, 0.3) is 0 Å². The van der Waals surface area contributed by atoms with Gasteiger partial charge in [-0.15, -0.1) is 0 Å². The molecular formula is C10H18N2O2. The van der Waals surface area contributed by atoms with E-state index >= 15 is 0 Å². The minimum Gasteiger partial charge on any atom is -0.468 e. The van der Waals surface area contributed by atoms with Crippen LogP contribution in [0.25, 0.3) is 0 Å². The lowest BCUT2D eigenvalue weighted by atomic mass is 9.90. The zero-order chi connectivity index (χ0) is 10.4. The van der Waals surface area contributed by atoms with Gasteiger partial charge in [0.05, 0.1) is 7.11 Å². The van der Waals surface area contributed by atoms with Crippen LogP contribution in [0, 0.1) is 5.41 Å². The van der Waals surface area contributed by atoms with E-state index in [-0.39, 0.29) is 11.4 Å². The van der Waals surface area contributed by atoms with Crippen LogP contribution in [0.3, 0.4) is 0 Å². The molecule has 0 aromatic carbocycles. The highest BCUT2D eigenvalue weighted by Gasteiger charge is 2.70. The molecule has 4 nitrogen and oxygen atoms in total. The highest BCUT2D eigenvalue weighted by molar-refractivity contribution is 5.86. The maximum Gasteiger partial charge on any atom is 0.326 e. The molecule has 2 fully saturated rings. The van der Waals surface area contributed by atoms with Gasteiger partial charge >= 0.3 is 5.97 Å². The van der Waals surface area contributed by atoms with Crippen molar-refractivity contribution in [3.05, 3.63) is 0 Å². The molecule has 1 saturated carbocycles. The molecule has 0 amide bonds. The summed E-state index contributed by atoms with van der Waals surface area (Å²) in [4.78, 5) is 13.8. The van der Waals surface area contributed by atoms with E-state index < -0.39 is 5.54 Å². The number of hydrogen-bond acceptors (Lipinski definition) is 4. The summed E-state index contributed by atoms with van der Waals surface area (Å²) in [6.07, 6.45) is 2.98. The normalized spacial score (nSPS) is 42.5. The minimum absolute atomic E-state index is 0.00704.